The SMILES string of the molecule is CNC(c1cc(OC)c(OC)c(OC)c1)C1CCOCC1. The number of benzene rings is 1. The van der Waals surface area contributed by atoms with Crippen LogP contribution in [0.15, 0.2) is 12.1 Å². The Morgan fingerprint density at radius 3 is 2.05 bits per heavy atom. The molecule has 0 saturated carbocycles. The van der Waals surface area contributed by atoms with E-state index < -0.39 is 0 Å². The van der Waals surface area contributed by atoms with E-state index in [1.54, 1.807) is 21.3 Å². The highest BCUT2D eigenvalue weighted by Gasteiger charge is 2.26. The van der Waals surface area contributed by atoms with Crippen molar-refractivity contribution >= 4 is 0 Å². The summed E-state index contributed by atoms with van der Waals surface area (Å²) in [6.07, 6.45) is 2.12. The van der Waals surface area contributed by atoms with Gasteiger partial charge in [-0.2, -0.15) is 0 Å². The van der Waals surface area contributed by atoms with Gasteiger partial charge in [-0.1, -0.05) is 0 Å². The van der Waals surface area contributed by atoms with Crippen molar-refractivity contribution in [2.45, 2.75) is 18.9 Å². The smallest absolute Gasteiger partial charge is 0.203 e. The molecule has 1 unspecified atom stereocenters. The zero-order valence-corrected chi connectivity index (χ0v) is 13.3. The fourth-order valence-electron chi connectivity index (χ4n) is 3.00. The maximum atomic E-state index is 5.46. The van der Waals surface area contributed by atoms with Crippen LogP contribution in [0.3, 0.4) is 0 Å². The Morgan fingerprint density at radius 1 is 1.05 bits per heavy atom. The van der Waals surface area contributed by atoms with Gasteiger partial charge >= 0.3 is 0 Å². The monoisotopic (exact) mass is 295 g/mol. The van der Waals surface area contributed by atoms with E-state index in [1.165, 1.54) is 0 Å². The number of hydrogen-bond acceptors (Lipinski definition) is 5. The van der Waals surface area contributed by atoms with Gasteiger partial charge in [0.15, 0.2) is 11.5 Å². The molecule has 5 nitrogen and oxygen atoms in total. The van der Waals surface area contributed by atoms with E-state index in [9.17, 15) is 0 Å². The number of hydrogen-bond donors (Lipinski definition) is 1. The number of rotatable bonds is 6. The Bertz CT molecular complexity index is 433. The molecule has 0 aromatic heterocycles. The molecule has 1 aliphatic rings. The zero-order chi connectivity index (χ0) is 15.2. The molecule has 1 fully saturated rings. The number of methoxy groups -OCH3 is 3. The minimum absolute atomic E-state index is 0.252. The molecular formula is C16H25NO4. The van der Waals surface area contributed by atoms with E-state index in [-0.39, 0.29) is 6.04 Å². The molecule has 21 heavy (non-hydrogen) atoms. The first-order valence-electron chi connectivity index (χ1n) is 7.30. The quantitative estimate of drug-likeness (QED) is 0.873. The highest BCUT2D eigenvalue weighted by atomic mass is 16.5. The third kappa shape index (κ3) is 3.41. The van der Waals surface area contributed by atoms with Crippen LogP contribution < -0.4 is 19.5 Å². The van der Waals surface area contributed by atoms with Gasteiger partial charge in [0.05, 0.1) is 21.3 Å². The van der Waals surface area contributed by atoms with Crippen LogP contribution in [0.1, 0.15) is 24.4 Å². The molecule has 0 bridgehead atoms. The highest BCUT2D eigenvalue weighted by molar-refractivity contribution is 5.54. The minimum atomic E-state index is 0.252. The first-order valence-corrected chi connectivity index (χ1v) is 7.30. The molecule has 1 aromatic carbocycles. The third-order valence-electron chi connectivity index (χ3n) is 4.09. The van der Waals surface area contributed by atoms with Crippen LogP contribution in [0.2, 0.25) is 0 Å². The van der Waals surface area contributed by atoms with E-state index >= 15 is 0 Å². The second-order valence-electron chi connectivity index (χ2n) is 5.17. The van der Waals surface area contributed by atoms with Crippen molar-refractivity contribution in [1.82, 2.24) is 5.32 Å². The van der Waals surface area contributed by atoms with Crippen molar-refractivity contribution < 1.29 is 18.9 Å². The van der Waals surface area contributed by atoms with Gasteiger partial charge in [0, 0.05) is 19.3 Å². The maximum Gasteiger partial charge on any atom is 0.203 e. The van der Waals surface area contributed by atoms with E-state index in [4.69, 9.17) is 18.9 Å². The summed E-state index contributed by atoms with van der Waals surface area (Å²) in [6.45, 7) is 1.65. The average Bonchev–Trinajstić information content (AvgIpc) is 2.55. The normalized spacial score (nSPS) is 17.3. The average molecular weight is 295 g/mol. The second-order valence-corrected chi connectivity index (χ2v) is 5.17. The lowest BCUT2D eigenvalue weighted by atomic mass is 9.87. The summed E-state index contributed by atoms with van der Waals surface area (Å²) >= 11 is 0. The van der Waals surface area contributed by atoms with Gasteiger partial charge in [-0.3, -0.25) is 0 Å². The Morgan fingerprint density at radius 2 is 1.62 bits per heavy atom. The Hall–Kier alpha value is -1.46. The molecular weight excluding hydrogens is 270 g/mol. The van der Waals surface area contributed by atoms with E-state index in [2.05, 4.69) is 5.32 Å². The molecule has 118 valence electrons. The molecule has 1 atom stereocenters. The van der Waals surface area contributed by atoms with Crippen LogP contribution in [-0.4, -0.2) is 41.6 Å². The van der Waals surface area contributed by atoms with Gasteiger partial charge in [-0.05, 0) is 43.5 Å². The summed E-state index contributed by atoms with van der Waals surface area (Å²) in [5.41, 5.74) is 1.15. The van der Waals surface area contributed by atoms with Gasteiger partial charge in [0.25, 0.3) is 0 Å². The molecule has 5 heteroatoms. The van der Waals surface area contributed by atoms with Gasteiger partial charge in [0.2, 0.25) is 5.75 Å². The summed E-state index contributed by atoms with van der Waals surface area (Å²) < 4.78 is 21.7. The topological polar surface area (TPSA) is 49.0 Å². The van der Waals surface area contributed by atoms with Crippen molar-refractivity contribution in [3.05, 3.63) is 17.7 Å². The lowest BCUT2D eigenvalue weighted by molar-refractivity contribution is 0.0545. The van der Waals surface area contributed by atoms with Crippen molar-refractivity contribution in [2.24, 2.45) is 5.92 Å². The van der Waals surface area contributed by atoms with Gasteiger partial charge in [-0.15, -0.1) is 0 Å². The van der Waals surface area contributed by atoms with Gasteiger partial charge < -0.3 is 24.3 Å². The van der Waals surface area contributed by atoms with Crippen molar-refractivity contribution in [2.75, 3.05) is 41.6 Å². The van der Waals surface area contributed by atoms with E-state index in [0.29, 0.717) is 23.2 Å². The molecule has 0 radical (unpaired) electrons. The molecule has 1 aliphatic heterocycles. The zero-order valence-electron chi connectivity index (χ0n) is 13.3. The summed E-state index contributed by atoms with van der Waals surface area (Å²) in [4.78, 5) is 0. The molecule has 0 aliphatic carbocycles. The van der Waals surface area contributed by atoms with Crippen LogP contribution >= 0.6 is 0 Å². The molecule has 0 amide bonds. The highest BCUT2D eigenvalue weighted by Crippen LogP contribution is 2.41. The number of ether oxygens (including phenoxy) is 4. The van der Waals surface area contributed by atoms with Crippen LogP contribution in [0, 0.1) is 5.92 Å². The predicted molar refractivity (Wildman–Crippen MR) is 81.4 cm³/mol. The standard InChI is InChI=1S/C16H25NO4/c1-17-15(11-5-7-21-8-6-11)12-9-13(18-2)16(20-4)14(10-12)19-3/h9-11,15,17H,5-8H2,1-4H3. The Labute approximate surface area is 126 Å². The molecule has 1 heterocycles. The van der Waals surface area contributed by atoms with Crippen LogP contribution in [-0.2, 0) is 4.74 Å². The maximum absolute atomic E-state index is 5.46. The van der Waals surface area contributed by atoms with E-state index in [1.807, 2.05) is 19.2 Å². The lowest BCUT2D eigenvalue weighted by Crippen LogP contribution is -2.30. The van der Waals surface area contributed by atoms with Crippen LogP contribution in [0.25, 0.3) is 0 Å². The molecule has 0 spiro atoms. The van der Waals surface area contributed by atoms with Crippen molar-refractivity contribution in [3.63, 3.8) is 0 Å². The van der Waals surface area contributed by atoms with Gasteiger partial charge in [-0.25, -0.2) is 0 Å². The Balaban J connectivity index is 2.36. The number of nitrogens with one attached hydrogen (secondary N) is 1. The third-order valence-corrected chi connectivity index (χ3v) is 4.09. The fraction of sp³-hybridized carbons (Fsp3) is 0.625. The molecule has 1 saturated heterocycles. The summed E-state index contributed by atoms with van der Waals surface area (Å²) in [6, 6.07) is 4.30. The van der Waals surface area contributed by atoms with Gasteiger partial charge in [0.1, 0.15) is 0 Å². The lowest BCUT2D eigenvalue weighted by Gasteiger charge is -2.31. The Kier molecular flexibility index (Phi) is 5.70. The van der Waals surface area contributed by atoms with E-state index in [0.717, 1.165) is 31.6 Å². The van der Waals surface area contributed by atoms with Crippen LogP contribution in [0.5, 0.6) is 17.2 Å². The van der Waals surface area contributed by atoms with Crippen molar-refractivity contribution in [1.29, 1.82) is 0 Å². The fourth-order valence-corrected chi connectivity index (χ4v) is 3.00. The molecule has 1 aromatic rings. The summed E-state index contributed by atoms with van der Waals surface area (Å²) in [5, 5.41) is 3.42. The first kappa shape index (κ1) is 15.9. The second kappa shape index (κ2) is 7.52. The largest absolute Gasteiger partial charge is 0.493 e. The predicted octanol–water partition coefficient (Wildman–Crippen LogP) is 2.40. The van der Waals surface area contributed by atoms with Crippen molar-refractivity contribution in [3.8, 4) is 17.2 Å². The first-order chi connectivity index (χ1) is 10.2. The minimum Gasteiger partial charge on any atom is -0.493 e. The molecule has 1 N–H and O–H groups in total. The van der Waals surface area contributed by atoms with Crippen LogP contribution in [0.4, 0.5) is 0 Å². The molecule has 2 rings (SSSR count). The summed E-state index contributed by atoms with van der Waals surface area (Å²) in [5.74, 6) is 2.57. The summed E-state index contributed by atoms with van der Waals surface area (Å²) in [7, 11) is 6.89.